The summed E-state index contributed by atoms with van der Waals surface area (Å²) in [6.07, 6.45) is 2.53. The largest absolute Gasteiger partial charge is 0.430 e. The zero-order chi connectivity index (χ0) is 55.3. The van der Waals surface area contributed by atoms with Gasteiger partial charge in [0.05, 0.1) is 62.6 Å². The fourth-order valence-corrected chi connectivity index (χ4v) is 9.30. The fourth-order valence-electron chi connectivity index (χ4n) is 9.00. The molecule has 2 aliphatic heterocycles. The zero-order valence-corrected chi connectivity index (χ0v) is 44.6. The van der Waals surface area contributed by atoms with Crippen molar-refractivity contribution in [3.63, 3.8) is 0 Å². The molecule has 2 atom stereocenters. The van der Waals surface area contributed by atoms with E-state index in [-0.39, 0.29) is 80.2 Å². The first-order valence-corrected chi connectivity index (χ1v) is 25.9. The molecule has 3 heterocycles. The lowest BCUT2D eigenvalue weighted by atomic mass is 9.96. The molecule has 2 aliphatic rings. The first-order valence-electron chi connectivity index (χ1n) is 25.5. The Kier molecular flexibility index (Phi) is 23.2. The molecular formula is C52H71F2N12O9S+. The molecular weight excluding hydrogens is 1010 g/mol. The molecule has 21 nitrogen and oxygen atoms in total. The Hall–Kier alpha value is -6.94. The number of likely N-dealkylation sites (tertiary alicyclic amines) is 2. The van der Waals surface area contributed by atoms with Crippen molar-refractivity contribution < 1.29 is 56.3 Å². The second-order valence-corrected chi connectivity index (χ2v) is 19.7. The number of likely N-dealkylation sites (N-methyl/N-ethyl adjacent to an activating group) is 2. The average Bonchev–Trinajstić information content (AvgIpc) is 3.75. The summed E-state index contributed by atoms with van der Waals surface area (Å²) < 4.78 is 37.8. The van der Waals surface area contributed by atoms with E-state index in [1.54, 1.807) is 24.3 Å². The van der Waals surface area contributed by atoms with Crippen LogP contribution < -0.4 is 26.6 Å². The summed E-state index contributed by atoms with van der Waals surface area (Å²) in [5.74, 6) is -6.32. The molecule has 0 bridgehead atoms. The minimum atomic E-state index is -3.19. The number of hydrogen-bond acceptors (Lipinski definition) is 14. The molecule has 5 amide bonds. The van der Waals surface area contributed by atoms with Crippen molar-refractivity contribution in [1.29, 1.82) is 5.26 Å². The number of rotatable bonds is 28. The number of anilines is 2. The molecule has 76 heavy (non-hydrogen) atoms. The van der Waals surface area contributed by atoms with Gasteiger partial charge in [-0.25, -0.2) is 8.78 Å². The number of alkyl halides is 2. The van der Waals surface area contributed by atoms with Gasteiger partial charge in [0.2, 0.25) is 30.4 Å². The maximum absolute atomic E-state index is 13.8. The number of amides is 5. The Bertz CT molecular complexity index is 2550. The lowest BCUT2D eigenvalue weighted by molar-refractivity contribution is -0.921. The first-order chi connectivity index (χ1) is 36.4. The molecule has 412 valence electrons. The molecule has 24 heteroatoms. The van der Waals surface area contributed by atoms with Crippen molar-refractivity contribution in [1.82, 2.24) is 40.5 Å². The first kappa shape index (κ1) is 59.9. The topological polar surface area (TPSA) is 248 Å². The normalized spacial score (nSPS) is 16.1. The molecule has 2 aromatic carbocycles. The van der Waals surface area contributed by atoms with Gasteiger partial charge in [0.15, 0.2) is 5.11 Å². The van der Waals surface area contributed by atoms with Gasteiger partial charge in [0.1, 0.15) is 12.6 Å². The number of ether oxygens (including phenoxy) is 2. The van der Waals surface area contributed by atoms with E-state index in [0.29, 0.717) is 43.0 Å². The van der Waals surface area contributed by atoms with Gasteiger partial charge in [0, 0.05) is 100 Å². The van der Waals surface area contributed by atoms with Crippen molar-refractivity contribution in [3.05, 3.63) is 65.9 Å². The third-order valence-corrected chi connectivity index (χ3v) is 14.0. The third kappa shape index (κ3) is 18.7. The van der Waals surface area contributed by atoms with Crippen LogP contribution >= 0.6 is 12.2 Å². The van der Waals surface area contributed by atoms with E-state index in [1.807, 2.05) is 24.1 Å². The molecule has 5 N–H and O–H groups in total. The molecule has 0 aliphatic carbocycles. The summed E-state index contributed by atoms with van der Waals surface area (Å²) in [6.45, 7) is 10.6. The number of carbonyl (C=O) groups excluding carboxylic acids is 7. The van der Waals surface area contributed by atoms with Gasteiger partial charge < -0.3 is 55.2 Å². The van der Waals surface area contributed by atoms with Gasteiger partial charge in [-0.1, -0.05) is 31.2 Å². The standard InChI is InChI=1S/C52H70F2N12O9S/c1-5-63(27-26-62(3)32-47(71)75-36-74-35-67)23-8-28-66(4,6-2)33-37-11-13-39(14-12-37)60-51(76)64-24-18-38(19-25-64)49(72)58-22-21-56-44(68)15-16-45(69)61-43-10-7-9-41-42(17-20-57-48(41)43)50(73)59-31-46(70)65-34-52(53,54)29-40(65)30-55/h7,9-14,17,20,35,38,40H,5-6,8,15-16,18-19,21-29,31-34,36H2,1-4H3,(H4-,56,58,59,60,61,68,69,72,73,76)/p+1. The second kappa shape index (κ2) is 29.4. The number of fused-ring (bicyclic) bond motifs is 1. The summed E-state index contributed by atoms with van der Waals surface area (Å²) in [5.41, 5.74) is 2.77. The number of nitriles is 1. The Morgan fingerprint density at radius 1 is 0.961 bits per heavy atom. The van der Waals surface area contributed by atoms with Crippen molar-refractivity contribution in [3.8, 4) is 6.07 Å². The van der Waals surface area contributed by atoms with Crippen LogP contribution in [0, 0.1) is 17.2 Å². The molecule has 0 saturated carbocycles. The monoisotopic (exact) mass is 1080 g/mol. The highest BCUT2D eigenvalue weighted by molar-refractivity contribution is 7.80. The van der Waals surface area contributed by atoms with Gasteiger partial charge in [-0.3, -0.25) is 43.4 Å². The number of piperidine rings is 1. The van der Waals surface area contributed by atoms with E-state index in [1.165, 1.54) is 17.8 Å². The zero-order valence-electron chi connectivity index (χ0n) is 43.7. The van der Waals surface area contributed by atoms with Crippen LogP contribution in [0.2, 0.25) is 0 Å². The van der Waals surface area contributed by atoms with Crippen LogP contribution in [-0.4, -0.2) is 194 Å². The van der Waals surface area contributed by atoms with Crippen LogP contribution in [0.25, 0.3) is 10.9 Å². The second-order valence-electron chi connectivity index (χ2n) is 19.3. The van der Waals surface area contributed by atoms with Gasteiger partial charge in [0.25, 0.3) is 18.3 Å². The van der Waals surface area contributed by atoms with E-state index in [0.717, 1.165) is 60.8 Å². The molecule has 3 aromatic rings. The summed E-state index contributed by atoms with van der Waals surface area (Å²) in [5, 5.41) is 24.3. The van der Waals surface area contributed by atoms with E-state index < -0.39 is 55.2 Å². The van der Waals surface area contributed by atoms with Crippen LogP contribution in [0.15, 0.2) is 54.7 Å². The number of nitrogens with zero attached hydrogens (tertiary/aromatic N) is 7. The highest BCUT2D eigenvalue weighted by Crippen LogP contribution is 2.32. The lowest BCUT2D eigenvalue weighted by Crippen LogP contribution is -2.45. The van der Waals surface area contributed by atoms with E-state index >= 15 is 0 Å². The van der Waals surface area contributed by atoms with Gasteiger partial charge in [-0.15, -0.1) is 0 Å². The number of quaternary nitrogens is 1. The summed E-state index contributed by atoms with van der Waals surface area (Å²) in [4.78, 5) is 97.8. The Morgan fingerprint density at radius 2 is 1.68 bits per heavy atom. The van der Waals surface area contributed by atoms with Gasteiger partial charge in [-0.05, 0) is 69.8 Å². The van der Waals surface area contributed by atoms with Crippen LogP contribution in [0.5, 0.6) is 0 Å². The summed E-state index contributed by atoms with van der Waals surface area (Å²) in [7, 11) is 4.13. The quantitative estimate of drug-likeness (QED) is 0.0175. The highest BCUT2D eigenvalue weighted by Gasteiger charge is 2.47. The number of thiocarbonyl (C=S) groups is 1. The summed E-state index contributed by atoms with van der Waals surface area (Å²) >= 11 is 5.75. The fraction of sp³-hybridized carbons (Fsp3) is 0.538. The number of benzene rings is 2. The molecule has 2 unspecified atom stereocenters. The van der Waals surface area contributed by atoms with Crippen LogP contribution in [-0.2, 0) is 44.8 Å². The Labute approximate surface area is 447 Å². The maximum atomic E-state index is 13.8. The maximum Gasteiger partial charge on any atom is 0.323 e. The number of halogens is 2. The number of para-hydroxylation sites is 1. The molecule has 0 spiro atoms. The Balaban J connectivity index is 0.945. The molecule has 2 fully saturated rings. The number of pyridine rings is 1. The van der Waals surface area contributed by atoms with E-state index in [9.17, 15) is 47.6 Å². The van der Waals surface area contributed by atoms with Gasteiger partial charge in [-0.2, -0.15) is 5.26 Å². The number of aromatic nitrogens is 1. The highest BCUT2D eigenvalue weighted by atomic mass is 32.1. The molecule has 0 radical (unpaired) electrons. The minimum absolute atomic E-state index is 0.103. The number of esters is 1. The number of nitrogens with one attached hydrogen (secondary N) is 5. The van der Waals surface area contributed by atoms with Crippen molar-refractivity contribution in [2.24, 2.45) is 5.92 Å². The van der Waals surface area contributed by atoms with Crippen LogP contribution in [0.1, 0.15) is 68.3 Å². The van der Waals surface area contributed by atoms with Gasteiger partial charge >= 0.3 is 5.97 Å². The SMILES string of the molecule is CCN(CCC[N+](C)(CC)Cc1ccc(NC(=S)N2CCC(C(=O)NCCNC(=O)CCC(=O)Nc3cccc4c(C(=O)NCC(=O)N5CC(F)(F)CC5C#N)ccnc34)CC2)cc1)CCN(C)CC(=O)OCOC=O. The van der Waals surface area contributed by atoms with Crippen molar-refractivity contribution in [2.45, 2.75) is 70.9 Å². The molecule has 5 rings (SSSR count). The third-order valence-electron chi connectivity index (χ3n) is 13.6. The smallest absolute Gasteiger partial charge is 0.323 e. The predicted octanol–water partition coefficient (Wildman–Crippen LogP) is 3.07. The van der Waals surface area contributed by atoms with E-state index in [2.05, 4.69) is 79.1 Å². The van der Waals surface area contributed by atoms with E-state index in [4.69, 9.17) is 17.0 Å². The average molecular weight is 1080 g/mol. The number of carbonyl (C=O) groups is 7. The summed E-state index contributed by atoms with van der Waals surface area (Å²) in [6, 6.07) is 14.9. The van der Waals surface area contributed by atoms with Crippen LogP contribution in [0.3, 0.4) is 0 Å². The number of hydrogen-bond donors (Lipinski definition) is 5. The predicted molar refractivity (Wildman–Crippen MR) is 283 cm³/mol. The minimum Gasteiger partial charge on any atom is -0.430 e. The Morgan fingerprint density at radius 3 is 2.38 bits per heavy atom. The molecule has 2 saturated heterocycles. The molecule has 1 aromatic heterocycles. The van der Waals surface area contributed by atoms with Crippen LogP contribution in [0.4, 0.5) is 20.2 Å². The van der Waals surface area contributed by atoms with Crippen molar-refractivity contribution in [2.75, 3.05) is 117 Å². The van der Waals surface area contributed by atoms with Crippen molar-refractivity contribution >= 4 is 81.6 Å². The lowest BCUT2D eigenvalue weighted by Gasteiger charge is -2.35.